The van der Waals surface area contributed by atoms with Crippen LogP contribution in [0.2, 0.25) is 0 Å². The van der Waals surface area contributed by atoms with Crippen LogP contribution in [0.1, 0.15) is 20.3 Å². The molecule has 0 heterocycles. The highest BCUT2D eigenvalue weighted by Crippen LogP contribution is 2.00. The van der Waals surface area contributed by atoms with E-state index >= 15 is 0 Å². The molecule has 1 N–H and O–H groups in total. The van der Waals surface area contributed by atoms with Crippen molar-refractivity contribution in [3.8, 4) is 0 Å². The van der Waals surface area contributed by atoms with Crippen molar-refractivity contribution in [3.05, 3.63) is 0 Å². The van der Waals surface area contributed by atoms with Crippen LogP contribution in [0.5, 0.6) is 0 Å². The fourth-order valence-electron chi connectivity index (χ4n) is 1.01. The first-order valence-electron chi connectivity index (χ1n) is 4.98. The maximum atomic E-state index is 11.6. The number of carbonyl (C=O) groups excluding carboxylic acids is 1. The molecule has 0 aromatic carbocycles. The number of ether oxygens (including phenoxy) is 1. The SMILES string of the molecule is CCOC(=O)NS(=O)(=O)N(CC)CCCCl. The number of hydrogen-bond donors (Lipinski definition) is 1. The Hall–Kier alpha value is -0.530. The molecule has 8 heteroatoms. The molecular weight excluding hydrogens is 256 g/mol. The Morgan fingerprint density at radius 2 is 2.06 bits per heavy atom. The number of alkyl halides is 1. The van der Waals surface area contributed by atoms with E-state index in [4.69, 9.17) is 11.6 Å². The summed E-state index contributed by atoms with van der Waals surface area (Å²) >= 11 is 5.47. The van der Waals surface area contributed by atoms with E-state index in [9.17, 15) is 13.2 Å². The van der Waals surface area contributed by atoms with Crippen LogP contribution in [0.25, 0.3) is 0 Å². The van der Waals surface area contributed by atoms with Gasteiger partial charge in [0.05, 0.1) is 6.61 Å². The molecule has 0 aliphatic rings. The highest BCUT2D eigenvalue weighted by atomic mass is 35.5. The van der Waals surface area contributed by atoms with Crippen molar-refractivity contribution in [1.82, 2.24) is 9.03 Å². The summed E-state index contributed by atoms with van der Waals surface area (Å²) in [5.41, 5.74) is 0. The monoisotopic (exact) mass is 272 g/mol. The first-order chi connectivity index (χ1) is 7.47. The lowest BCUT2D eigenvalue weighted by Gasteiger charge is -2.19. The van der Waals surface area contributed by atoms with Crippen LogP contribution in [-0.4, -0.2) is 44.4 Å². The fourth-order valence-corrected chi connectivity index (χ4v) is 2.24. The predicted molar refractivity (Wildman–Crippen MR) is 61.7 cm³/mol. The van der Waals surface area contributed by atoms with Gasteiger partial charge in [0.15, 0.2) is 0 Å². The number of nitrogens with zero attached hydrogens (tertiary/aromatic N) is 1. The molecule has 0 rings (SSSR count). The van der Waals surface area contributed by atoms with Crippen molar-refractivity contribution in [2.75, 3.05) is 25.6 Å². The van der Waals surface area contributed by atoms with Crippen molar-refractivity contribution in [2.45, 2.75) is 20.3 Å². The third kappa shape index (κ3) is 5.53. The Bertz CT molecular complexity index is 307. The zero-order valence-corrected chi connectivity index (χ0v) is 11.0. The molecule has 0 spiro atoms. The maximum absolute atomic E-state index is 11.6. The molecule has 0 saturated carbocycles. The number of rotatable bonds is 7. The summed E-state index contributed by atoms with van der Waals surface area (Å²) in [5.74, 6) is 0.366. The van der Waals surface area contributed by atoms with E-state index in [1.165, 1.54) is 0 Å². The highest BCUT2D eigenvalue weighted by molar-refractivity contribution is 7.87. The molecule has 0 aliphatic carbocycles. The number of nitrogens with one attached hydrogen (secondary N) is 1. The quantitative estimate of drug-likeness (QED) is 0.700. The summed E-state index contributed by atoms with van der Waals surface area (Å²) in [6.45, 7) is 3.94. The van der Waals surface area contributed by atoms with Gasteiger partial charge in [-0.15, -0.1) is 11.6 Å². The van der Waals surface area contributed by atoms with Crippen LogP contribution in [-0.2, 0) is 14.9 Å². The summed E-state index contributed by atoms with van der Waals surface area (Å²) in [6.07, 6.45) is -0.439. The first kappa shape index (κ1) is 15.5. The van der Waals surface area contributed by atoms with Crippen LogP contribution in [0.15, 0.2) is 0 Å². The second kappa shape index (κ2) is 7.70. The third-order valence-corrected chi connectivity index (χ3v) is 3.53. The zero-order valence-electron chi connectivity index (χ0n) is 9.40. The lowest BCUT2D eigenvalue weighted by Crippen LogP contribution is -2.44. The third-order valence-electron chi connectivity index (χ3n) is 1.72. The molecular formula is C8H17ClN2O4S. The molecule has 0 saturated heterocycles. The van der Waals surface area contributed by atoms with E-state index in [0.717, 1.165) is 4.31 Å². The minimum absolute atomic E-state index is 0.120. The first-order valence-corrected chi connectivity index (χ1v) is 6.96. The normalized spacial score (nSPS) is 11.5. The maximum Gasteiger partial charge on any atom is 0.421 e. The van der Waals surface area contributed by atoms with Crippen LogP contribution in [0.3, 0.4) is 0 Å². The Morgan fingerprint density at radius 3 is 2.50 bits per heavy atom. The lowest BCUT2D eigenvalue weighted by atomic mass is 10.5. The highest BCUT2D eigenvalue weighted by Gasteiger charge is 2.22. The molecule has 16 heavy (non-hydrogen) atoms. The molecule has 0 unspecified atom stereocenters. The van der Waals surface area contributed by atoms with Crippen molar-refractivity contribution in [1.29, 1.82) is 0 Å². The average molecular weight is 273 g/mol. The van der Waals surface area contributed by atoms with Crippen LogP contribution in [0, 0.1) is 0 Å². The largest absolute Gasteiger partial charge is 0.449 e. The Balaban J connectivity index is 4.42. The van der Waals surface area contributed by atoms with E-state index in [-0.39, 0.29) is 19.7 Å². The van der Waals surface area contributed by atoms with Gasteiger partial charge < -0.3 is 4.74 Å². The average Bonchev–Trinajstić information content (AvgIpc) is 2.17. The molecule has 96 valence electrons. The molecule has 1 amide bonds. The molecule has 0 aromatic rings. The number of carbonyl (C=O) groups is 1. The Kier molecular flexibility index (Phi) is 7.44. The topological polar surface area (TPSA) is 75.7 Å². The summed E-state index contributed by atoms with van der Waals surface area (Å²) in [4.78, 5) is 11.0. The Morgan fingerprint density at radius 1 is 1.44 bits per heavy atom. The molecule has 0 bridgehead atoms. The van der Waals surface area contributed by atoms with Crippen LogP contribution >= 0.6 is 11.6 Å². The van der Waals surface area contributed by atoms with Gasteiger partial charge >= 0.3 is 16.3 Å². The molecule has 0 aromatic heterocycles. The van der Waals surface area contributed by atoms with Gasteiger partial charge in [0.1, 0.15) is 0 Å². The number of amides is 1. The lowest BCUT2D eigenvalue weighted by molar-refractivity contribution is 0.158. The zero-order chi connectivity index (χ0) is 12.6. The molecule has 0 radical (unpaired) electrons. The molecule has 0 aliphatic heterocycles. The fraction of sp³-hybridized carbons (Fsp3) is 0.875. The summed E-state index contributed by atoms with van der Waals surface area (Å²) in [5, 5.41) is 0. The second-order valence-electron chi connectivity index (χ2n) is 2.86. The molecule has 0 fully saturated rings. The van der Waals surface area contributed by atoms with E-state index in [1.807, 2.05) is 4.72 Å². The number of halogens is 1. The second-order valence-corrected chi connectivity index (χ2v) is 4.91. The van der Waals surface area contributed by atoms with E-state index in [1.54, 1.807) is 13.8 Å². The van der Waals surface area contributed by atoms with E-state index < -0.39 is 16.3 Å². The van der Waals surface area contributed by atoms with Crippen molar-refractivity contribution < 1.29 is 17.9 Å². The summed E-state index contributed by atoms with van der Waals surface area (Å²) in [6, 6.07) is 0. The molecule has 6 nitrogen and oxygen atoms in total. The summed E-state index contributed by atoms with van der Waals surface area (Å²) < 4.78 is 30.7. The standard InChI is InChI=1S/C8H17ClN2O4S/c1-3-11(7-5-6-9)16(13,14)10-8(12)15-4-2/h3-7H2,1-2H3,(H,10,12). The van der Waals surface area contributed by atoms with Crippen LogP contribution in [0.4, 0.5) is 4.79 Å². The Labute approximate surface area is 101 Å². The van der Waals surface area contributed by atoms with Crippen molar-refractivity contribution in [2.24, 2.45) is 0 Å². The van der Waals surface area contributed by atoms with Gasteiger partial charge in [-0.1, -0.05) is 6.92 Å². The van der Waals surface area contributed by atoms with Gasteiger partial charge in [-0.2, -0.15) is 12.7 Å². The summed E-state index contributed by atoms with van der Waals surface area (Å²) in [7, 11) is -3.82. The van der Waals surface area contributed by atoms with Crippen LogP contribution < -0.4 is 4.72 Å². The minimum atomic E-state index is -3.82. The molecule has 0 atom stereocenters. The van der Waals surface area contributed by atoms with Gasteiger partial charge in [0.25, 0.3) is 0 Å². The minimum Gasteiger partial charge on any atom is -0.449 e. The smallest absolute Gasteiger partial charge is 0.421 e. The van der Waals surface area contributed by atoms with E-state index in [0.29, 0.717) is 12.3 Å². The van der Waals surface area contributed by atoms with Crippen molar-refractivity contribution in [3.63, 3.8) is 0 Å². The van der Waals surface area contributed by atoms with Crippen molar-refractivity contribution >= 4 is 27.9 Å². The van der Waals surface area contributed by atoms with Gasteiger partial charge in [-0.05, 0) is 13.3 Å². The van der Waals surface area contributed by atoms with Gasteiger partial charge in [-0.3, -0.25) is 0 Å². The number of hydrogen-bond acceptors (Lipinski definition) is 4. The van der Waals surface area contributed by atoms with Gasteiger partial charge in [0, 0.05) is 19.0 Å². The van der Waals surface area contributed by atoms with Gasteiger partial charge in [-0.25, -0.2) is 9.52 Å². The van der Waals surface area contributed by atoms with Gasteiger partial charge in [0.2, 0.25) is 0 Å². The predicted octanol–water partition coefficient (Wildman–Crippen LogP) is 0.928. The van der Waals surface area contributed by atoms with E-state index in [2.05, 4.69) is 4.74 Å².